The summed E-state index contributed by atoms with van der Waals surface area (Å²) < 4.78 is 20.8. The molecule has 0 saturated heterocycles. The summed E-state index contributed by atoms with van der Waals surface area (Å²) in [5, 5.41) is 0. The largest absolute Gasteiger partial charge is 0.488 e. The number of hydrogen-bond acceptors (Lipinski definition) is 4. The van der Waals surface area contributed by atoms with Crippen LogP contribution >= 0.6 is 34.0 Å². The molecule has 0 aliphatic heterocycles. The Kier molecular flexibility index (Phi) is 10.6. The van der Waals surface area contributed by atoms with Crippen molar-refractivity contribution in [3.8, 4) is 35.7 Å². The SMILES string of the molecule is C=CCCCCc1ccc(-c2ccc(-c3ccc(-c4ccc(O[C@@H](C)CCCCCC)c(F)c4)s3)s2)s1. The van der Waals surface area contributed by atoms with E-state index in [-0.39, 0.29) is 11.9 Å². The van der Waals surface area contributed by atoms with Crippen LogP contribution in [0.4, 0.5) is 4.39 Å². The second-order valence-corrected chi connectivity index (χ2v) is 12.9. The summed E-state index contributed by atoms with van der Waals surface area (Å²) in [6, 6.07) is 18.6. The van der Waals surface area contributed by atoms with Crippen LogP contribution in [0.2, 0.25) is 0 Å². The van der Waals surface area contributed by atoms with E-state index in [1.54, 1.807) is 23.5 Å². The van der Waals surface area contributed by atoms with Crippen molar-refractivity contribution < 1.29 is 9.13 Å². The summed E-state index contributed by atoms with van der Waals surface area (Å²) in [5.41, 5.74) is 0.896. The van der Waals surface area contributed by atoms with E-state index in [9.17, 15) is 4.39 Å². The Balaban J connectivity index is 1.37. The molecule has 5 heteroatoms. The van der Waals surface area contributed by atoms with E-state index in [1.807, 2.05) is 41.7 Å². The van der Waals surface area contributed by atoms with Crippen molar-refractivity contribution in [2.24, 2.45) is 0 Å². The molecule has 4 aromatic rings. The molecule has 0 unspecified atom stereocenters. The van der Waals surface area contributed by atoms with Gasteiger partial charge in [0.05, 0.1) is 6.10 Å². The van der Waals surface area contributed by atoms with Crippen LogP contribution in [-0.4, -0.2) is 6.10 Å². The summed E-state index contributed by atoms with van der Waals surface area (Å²) in [6.45, 7) is 8.04. The van der Waals surface area contributed by atoms with Gasteiger partial charge in [0.15, 0.2) is 11.6 Å². The van der Waals surface area contributed by atoms with Gasteiger partial charge >= 0.3 is 0 Å². The van der Waals surface area contributed by atoms with Gasteiger partial charge in [0.1, 0.15) is 0 Å². The van der Waals surface area contributed by atoms with Gasteiger partial charge in [-0.1, -0.05) is 32.3 Å². The van der Waals surface area contributed by atoms with Gasteiger partial charge in [-0.15, -0.1) is 40.6 Å². The first-order chi connectivity index (χ1) is 18.1. The van der Waals surface area contributed by atoms with Crippen molar-refractivity contribution >= 4 is 34.0 Å². The van der Waals surface area contributed by atoms with Crippen LogP contribution in [-0.2, 0) is 6.42 Å². The van der Waals surface area contributed by atoms with Crippen LogP contribution in [0.1, 0.15) is 70.1 Å². The molecule has 196 valence electrons. The number of hydrogen-bond donors (Lipinski definition) is 0. The van der Waals surface area contributed by atoms with Crippen molar-refractivity contribution in [2.75, 3.05) is 0 Å². The zero-order valence-electron chi connectivity index (χ0n) is 21.9. The van der Waals surface area contributed by atoms with Crippen LogP contribution in [0.3, 0.4) is 0 Å². The standard InChI is InChI=1S/C32H37FOS3/c1-4-6-8-10-12-23(3)34-27-16-14-24(22-26(27)33)28-18-19-31(36-28)32-21-20-30(37-32)29-17-15-25(35-29)13-11-9-7-5-2/h5,14-23H,2,4,6-13H2,1,3H3/t23-/m0/s1. The normalized spacial score (nSPS) is 12.1. The molecule has 1 atom stereocenters. The summed E-state index contributed by atoms with van der Waals surface area (Å²) in [4.78, 5) is 7.64. The second kappa shape index (κ2) is 14.1. The van der Waals surface area contributed by atoms with E-state index in [4.69, 9.17) is 4.74 Å². The number of aryl methyl sites for hydroxylation is 1. The van der Waals surface area contributed by atoms with Crippen molar-refractivity contribution in [1.82, 2.24) is 0 Å². The number of rotatable bonds is 15. The summed E-state index contributed by atoms with van der Waals surface area (Å²) in [7, 11) is 0. The molecule has 0 amide bonds. The fourth-order valence-electron chi connectivity index (χ4n) is 4.34. The van der Waals surface area contributed by atoms with Crippen LogP contribution in [0, 0.1) is 5.82 Å². The minimum absolute atomic E-state index is 0.0234. The number of ether oxygens (including phenoxy) is 1. The smallest absolute Gasteiger partial charge is 0.165 e. The topological polar surface area (TPSA) is 9.23 Å². The van der Waals surface area contributed by atoms with Gasteiger partial charge in [0, 0.05) is 29.3 Å². The second-order valence-electron chi connectivity index (χ2n) is 9.55. The Labute approximate surface area is 233 Å². The fraction of sp³-hybridized carbons (Fsp3) is 0.375. The molecule has 0 bridgehead atoms. The molecule has 4 rings (SSSR count). The quantitative estimate of drug-likeness (QED) is 0.105. The Bertz CT molecular complexity index is 1260. The third-order valence-corrected chi connectivity index (χ3v) is 10.2. The van der Waals surface area contributed by atoms with E-state index < -0.39 is 0 Å². The first kappa shape index (κ1) is 27.8. The number of halogens is 1. The molecule has 0 N–H and O–H groups in total. The predicted molar refractivity (Wildman–Crippen MR) is 163 cm³/mol. The van der Waals surface area contributed by atoms with Crippen molar-refractivity contribution in [3.63, 3.8) is 0 Å². The van der Waals surface area contributed by atoms with Crippen molar-refractivity contribution in [1.29, 1.82) is 0 Å². The van der Waals surface area contributed by atoms with Gasteiger partial charge in [-0.05, 0) is 106 Å². The summed E-state index contributed by atoms with van der Waals surface area (Å²) >= 11 is 5.44. The average molecular weight is 553 g/mol. The highest BCUT2D eigenvalue weighted by Crippen LogP contribution is 2.42. The lowest BCUT2D eigenvalue weighted by Crippen LogP contribution is -2.12. The molecule has 0 radical (unpaired) electrons. The average Bonchev–Trinajstić information content (AvgIpc) is 3.66. The molecule has 3 aromatic heterocycles. The maximum atomic E-state index is 14.9. The van der Waals surface area contributed by atoms with Crippen molar-refractivity contribution in [2.45, 2.75) is 77.7 Å². The lowest BCUT2D eigenvalue weighted by Gasteiger charge is -2.15. The van der Waals surface area contributed by atoms with E-state index in [1.165, 1.54) is 56.5 Å². The highest BCUT2D eigenvalue weighted by Gasteiger charge is 2.13. The lowest BCUT2D eigenvalue weighted by molar-refractivity contribution is 0.197. The maximum Gasteiger partial charge on any atom is 0.165 e. The lowest BCUT2D eigenvalue weighted by atomic mass is 10.1. The van der Waals surface area contributed by atoms with Gasteiger partial charge in [-0.25, -0.2) is 4.39 Å². The molecule has 0 aliphatic rings. The molecule has 0 fully saturated rings. The van der Waals surface area contributed by atoms with Gasteiger partial charge in [0.2, 0.25) is 0 Å². The van der Waals surface area contributed by atoms with Crippen molar-refractivity contribution in [3.05, 3.63) is 77.9 Å². The Morgan fingerprint density at radius 3 is 2.19 bits per heavy atom. The molecular weight excluding hydrogens is 516 g/mol. The number of thiophene rings is 3. The van der Waals surface area contributed by atoms with Gasteiger partial charge in [-0.2, -0.15) is 0 Å². The van der Waals surface area contributed by atoms with E-state index in [2.05, 4.69) is 49.9 Å². The first-order valence-electron chi connectivity index (χ1n) is 13.4. The minimum atomic E-state index is -0.288. The molecule has 3 heterocycles. The zero-order valence-corrected chi connectivity index (χ0v) is 24.4. The highest BCUT2D eigenvalue weighted by molar-refractivity contribution is 7.27. The van der Waals surface area contributed by atoms with Crippen LogP contribution in [0.5, 0.6) is 5.75 Å². The van der Waals surface area contributed by atoms with Crippen LogP contribution < -0.4 is 4.74 Å². The maximum absolute atomic E-state index is 14.9. The summed E-state index contributed by atoms with van der Waals surface area (Å²) in [6.07, 6.45) is 12.4. The van der Waals surface area contributed by atoms with Gasteiger partial charge < -0.3 is 4.74 Å². The number of benzene rings is 1. The Hall–Kier alpha value is -2.21. The van der Waals surface area contributed by atoms with E-state index in [0.717, 1.165) is 36.1 Å². The fourth-order valence-corrected chi connectivity index (χ4v) is 7.58. The van der Waals surface area contributed by atoms with E-state index in [0.29, 0.717) is 5.75 Å². The minimum Gasteiger partial charge on any atom is -0.488 e. The van der Waals surface area contributed by atoms with E-state index >= 15 is 0 Å². The Morgan fingerprint density at radius 1 is 0.811 bits per heavy atom. The molecule has 1 nitrogen and oxygen atoms in total. The monoisotopic (exact) mass is 552 g/mol. The predicted octanol–water partition coefficient (Wildman–Crippen LogP) is 11.6. The molecule has 0 spiro atoms. The molecule has 0 saturated carbocycles. The molecule has 1 aromatic carbocycles. The van der Waals surface area contributed by atoms with Gasteiger partial charge in [-0.3, -0.25) is 0 Å². The highest BCUT2D eigenvalue weighted by atomic mass is 32.1. The molecular formula is C32H37FOS3. The number of allylic oxidation sites excluding steroid dienone is 1. The third-order valence-electron chi connectivity index (χ3n) is 6.45. The zero-order chi connectivity index (χ0) is 26.0. The first-order valence-corrected chi connectivity index (χ1v) is 15.9. The molecule has 37 heavy (non-hydrogen) atoms. The molecule has 0 aliphatic carbocycles. The van der Waals surface area contributed by atoms with Crippen LogP contribution in [0.15, 0.2) is 67.3 Å². The third kappa shape index (κ3) is 7.89. The Morgan fingerprint density at radius 2 is 1.49 bits per heavy atom. The van der Waals surface area contributed by atoms with Crippen LogP contribution in [0.25, 0.3) is 29.9 Å². The summed E-state index contributed by atoms with van der Waals surface area (Å²) in [5.74, 6) is 0.0618. The van der Waals surface area contributed by atoms with Gasteiger partial charge in [0.25, 0.3) is 0 Å². The number of unbranched alkanes of at least 4 members (excludes halogenated alkanes) is 5.